The van der Waals surface area contributed by atoms with E-state index in [1.54, 1.807) is 17.4 Å². The Bertz CT molecular complexity index is 1250. The molecule has 4 aromatic rings. The minimum atomic E-state index is -0.369. The van der Waals surface area contributed by atoms with E-state index >= 15 is 0 Å². The maximum Gasteiger partial charge on any atom is 0.266 e. The molecule has 2 aromatic heterocycles. The summed E-state index contributed by atoms with van der Waals surface area (Å²) in [7, 11) is 4.12. The molecule has 1 N–H and O–H groups in total. The lowest BCUT2D eigenvalue weighted by atomic mass is 10.1. The Hall–Kier alpha value is -3.21. The molecule has 0 saturated heterocycles. The Kier molecular flexibility index (Phi) is 5.30. The average molecular weight is 404 g/mol. The third-order valence-corrected chi connectivity index (χ3v) is 5.88. The molecule has 0 spiro atoms. The Morgan fingerprint density at radius 3 is 2.66 bits per heavy atom. The molecule has 0 unspecified atom stereocenters. The van der Waals surface area contributed by atoms with Gasteiger partial charge in [-0.15, -0.1) is 0 Å². The molecule has 7 heteroatoms. The monoisotopic (exact) mass is 403 g/mol. The summed E-state index contributed by atoms with van der Waals surface area (Å²) in [4.78, 5) is 24.1. The van der Waals surface area contributed by atoms with Crippen LogP contribution < -0.4 is 10.5 Å². The normalized spacial score (nSPS) is 11.2. The standard InChI is InChI=1S/C22H21N5OS/c1-26(2)10-11-27(14-15-6-4-3-5-7-15)22-25-20-17-12-16(13-23)21(28)24-18(17)8-9-19(20)29-22/h3-9,12H,10-11,14H2,1-2H3,(H,24,28). The van der Waals surface area contributed by atoms with Gasteiger partial charge in [0.05, 0.1) is 15.7 Å². The fourth-order valence-electron chi connectivity index (χ4n) is 3.24. The third-order valence-electron chi connectivity index (χ3n) is 4.79. The molecule has 0 amide bonds. The minimum absolute atomic E-state index is 0.105. The predicted molar refractivity (Wildman–Crippen MR) is 119 cm³/mol. The maximum atomic E-state index is 12.0. The summed E-state index contributed by atoms with van der Waals surface area (Å²) in [5.74, 6) is 0. The number of thiazole rings is 1. The number of aromatic nitrogens is 2. The highest BCUT2D eigenvalue weighted by Gasteiger charge is 2.16. The number of hydrogen-bond acceptors (Lipinski definition) is 6. The quantitative estimate of drug-likeness (QED) is 0.533. The summed E-state index contributed by atoms with van der Waals surface area (Å²) in [5.41, 5.74) is 2.48. The first-order valence-electron chi connectivity index (χ1n) is 9.35. The molecule has 0 bridgehead atoms. The maximum absolute atomic E-state index is 12.0. The van der Waals surface area contributed by atoms with Crippen molar-refractivity contribution in [3.63, 3.8) is 0 Å². The highest BCUT2D eigenvalue weighted by Crippen LogP contribution is 2.33. The number of anilines is 1. The van der Waals surface area contributed by atoms with Crippen LogP contribution in [0.4, 0.5) is 5.13 Å². The van der Waals surface area contributed by atoms with E-state index < -0.39 is 0 Å². The van der Waals surface area contributed by atoms with Crippen LogP contribution in [0.3, 0.4) is 0 Å². The summed E-state index contributed by atoms with van der Waals surface area (Å²) < 4.78 is 1.03. The van der Waals surface area contributed by atoms with Crippen LogP contribution in [0.15, 0.2) is 53.3 Å². The van der Waals surface area contributed by atoms with E-state index in [1.165, 1.54) is 5.56 Å². The zero-order valence-corrected chi connectivity index (χ0v) is 17.2. The Morgan fingerprint density at radius 1 is 1.14 bits per heavy atom. The second-order valence-electron chi connectivity index (χ2n) is 7.20. The molecule has 0 aliphatic heterocycles. The Morgan fingerprint density at radius 2 is 1.93 bits per heavy atom. The third kappa shape index (κ3) is 3.99. The molecule has 2 heterocycles. The molecule has 146 valence electrons. The van der Waals surface area contributed by atoms with Crippen molar-refractivity contribution in [2.24, 2.45) is 0 Å². The largest absolute Gasteiger partial charge is 0.342 e. The number of benzene rings is 2. The van der Waals surface area contributed by atoms with Crippen LogP contribution in [-0.4, -0.2) is 42.1 Å². The van der Waals surface area contributed by atoms with Crippen molar-refractivity contribution in [2.45, 2.75) is 6.54 Å². The van der Waals surface area contributed by atoms with Crippen LogP contribution in [0.25, 0.3) is 21.1 Å². The second-order valence-corrected chi connectivity index (χ2v) is 8.21. The molecule has 0 fully saturated rings. The van der Waals surface area contributed by atoms with Crippen molar-refractivity contribution in [1.82, 2.24) is 14.9 Å². The van der Waals surface area contributed by atoms with Crippen LogP contribution in [0, 0.1) is 11.3 Å². The van der Waals surface area contributed by atoms with Gasteiger partial charge in [0.15, 0.2) is 5.13 Å². The zero-order chi connectivity index (χ0) is 20.4. The molecule has 29 heavy (non-hydrogen) atoms. The number of nitrogens with zero attached hydrogens (tertiary/aromatic N) is 4. The van der Waals surface area contributed by atoms with Gasteiger partial charge in [0.2, 0.25) is 0 Å². The molecule has 0 aliphatic rings. The first-order chi connectivity index (χ1) is 14.0. The first-order valence-corrected chi connectivity index (χ1v) is 10.2. The number of nitrogens with one attached hydrogen (secondary N) is 1. The molecular weight excluding hydrogens is 382 g/mol. The van der Waals surface area contributed by atoms with E-state index in [0.29, 0.717) is 5.52 Å². The number of pyridine rings is 1. The van der Waals surface area contributed by atoms with E-state index in [1.807, 2.05) is 36.4 Å². The van der Waals surface area contributed by atoms with Crippen LogP contribution in [0.5, 0.6) is 0 Å². The van der Waals surface area contributed by atoms with Crippen LogP contribution in [0.1, 0.15) is 11.1 Å². The highest BCUT2D eigenvalue weighted by molar-refractivity contribution is 7.22. The fourth-order valence-corrected chi connectivity index (χ4v) is 4.25. The SMILES string of the molecule is CN(C)CCN(Cc1ccccc1)c1nc2c(ccc3[nH]c(=O)c(C#N)cc32)s1. The number of rotatable bonds is 6. The molecule has 0 atom stereocenters. The number of nitriles is 1. The van der Waals surface area contributed by atoms with Gasteiger partial charge in [-0.1, -0.05) is 41.7 Å². The van der Waals surface area contributed by atoms with Gasteiger partial charge in [0, 0.05) is 25.0 Å². The lowest BCUT2D eigenvalue weighted by Crippen LogP contribution is -2.31. The van der Waals surface area contributed by atoms with Gasteiger partial charge in [-0.25, -0.2) is 4.98 Å². The molecule has 0 saturated carbocycles. The number of fused-ring (bicyclic) bond motifs is 3. The molecule has 0 radical (unpaired) electrons. The summed E-state index contributed by atoms with van der Waals surface area (Å²) in [6.45, 7) is 2.53. The van der Waals surface area contributed by atoms with Gasteiger partial charge in [-0.3, -0.25) is 4.79 Å². The topological polar surface area (TPSA) is 76.0 Å². The lowest BCUT2D eigenvalue weighted by molar-refractivity contribution is 0.412. The van der Waals surface area contributed by atoms with Gasteiger partial charge >= 0.3 is 0 Å². The van der Waals surface area contributed by atoms with Gasteiger partial charge in [0.1, 0.15) is 11.6 Å². The molecular formula is C22H21N5OS. The summed E-state index contributed by atoms with van der Waals surface area (Å²) in [6, 6.07) is 17.8. The average Bonchev–Trinajstić information content (AvgIpc) is 3.15. The van der Waals surface area contributed by atoms with E-state index in [4.69, 9.17) is 4.98 Å². The van der Waals surface area contributed by atoms with Gasteiger partial charge < -0.3 is 14.8 Å². The van der Waals surface area contributed by atoms with E-state index in [9.17, 15) is 10.1 Å². The molecule has 0 aliphatic carbocycles. The minimum Gasteiger partial charge on any atom is -0.342 e. The van der Waals surface area contributed by atoms with Crippen LogP contribution >= 0.6 is 11.3 Å². The number of H-pyrrole nitrogens is 1. The van der Waals surface area contributed by atoms with E-state index in [2.05, 4.69) is 41.0 Å². The Balaban J connectivity index is 1.79. The summed E-state index contributed by atoms with van der Waals surface area (Å²) in [5, 5.41) is 11.0. The molecule has 6 nitrogen and oxygen atoms in total. The fraction of sp³-hybridized carbons (Fsp3) is 0.227. The van der Waals surface area contributed by atoms with Crippen LogP contribution in [0.2, 0.25) is 0 Å². The van der Waals surface area contributed by atoms with Gasteiger partial charge in [-0.2, -0.15) is 5.26 Å². The molecule has 2 aromatic carbocycles. The van der Waals surface area contributed by atoms with Crippen molar-refractivity contribution in [3.05, 3.63) is 70.0 Å². The van der Waals surface area contributed by atoms with E-state index in [-0.39, 0.29) is 11.1 Å². The number of likely N-dealkylation sites (N-methyl/N-ethyl adjacent to an activating group) is 1. The molecule has 4 rings (SSSR count). The second kappa shape index (κ2) is 8.03. The lowest BCUT2D eigenvalue weighted by Gasteiger charge is -2.23. The summed E-state index contributed by atoms with van der Waals surface area (Å²) >= 11 is 1.63. The smallest absolute Gasteiger partial charge is 0.266 e. The van der Waals surface area contributed by atoms with Crippen molar-refractivity contribution in [3.8, 4) is 6.07 Å². The first kappa shape index (κ1) is 19.1. The summed E-state index contributed by atoms with van der Waals surface area (Å²) in [6.07, 6.45) is 0. The predicted octanol–water partition coefficient (Wildman–Crippen LogP) is 3.58. The van der Waals surface area contributed by atoms with Crippen LogP contribution in [-0.2, 0) is 6.54 Å². The van der Waals surface area contributed by atoms with Crippen molar-refractivity contribution in [2.75, 3.05) is 32.1 Å². The zero-order valence-electron chi connectivity index (χ0n) is 16.3. The number of aromatic amines is 1. The van der Waals surface area contributed by atoms with Gasteiger partial charge in [0.25, 0.3) is 5.56 Å². The van der Waals surface area contributed by atoms with Gasteiger partial charge in [-0.05, 0) is 37.9 Å². The van der Waals surface area contributed by atoms with Crippen molar-refractivity contribution < 1.29 is 0 Å². The van der Waals surface area contributed by atoms with Crippen molar-refractivity contribution >= 4 is 37.6 Å². The van der Waals surface area contributed by atoms with E-state index in [0.717, 1.165) is 40.4 Å². The van der Waals surface area contributed by atoms with Crippen molar-refractivity contribution in [1.29, 1.82) is 5.26 Å². The Labute approximate surface area is 172 Å². The highest BCUT2D eigenvalue weighted by atomic mass is 32.1. The number of hydrogen-bond donors (Lipinski definition) is 1.